The van der Waals surface area contributed by atoms with Gasteiger partial charge >= 0.3 is 0 Å². The number of primary amides is 1. The van der Waals surface area contributed by atoms with Crippen LogP contribution in [0.15, 0.2) is 67.0 Å². The number of anilines is 1. The summed E-state index contributed by atoms with van der Waals surface area (Å²) in [6, 6.07) is 14.3. The van der Waals surface area contributed by atoms with Crippen LogP contribution in [0.4, 0.5) is 14.5 Å². The molecule has 0 aliphatic heterocycles. The molecule has 3 atom stereocenters. The number of nitrogens with zero attached hydrogens (tertiary/aromatic N) is 1. The van der Waals surface area contributed by atoms with Gasteiger partial charge in [0.05, 0.1) is 23.9 Å². The zero-order valence-corrected chi connectivity index (χ0v) is 20.7. The number of benzene rings is 2. The number of carbonyl (C=O) groups is 2. The number of aromatic nitrogens is 1. The SMILES string of the molecule is CCc1cccc(CNC[C@H](O)[C@@H](Cc2cc(F)cc(F)c2)C(CC(=O)Nc2cccnc2)C(N)=O)c1. The fourth-order valence-corrected chi connectivity index (χ4v) is 4.33. The van der Waals surface area contributed by atoms with Gasteiger partial charge in [0.15, 0.2) is 0 Å². The van der Waals surface area contributed by atoms with E-state index in [2.05, 4.69) is 28.6 Å². The van der Waals surface area contributed by atoms with Gasteiger partial charge in [0.1, 0.15) is 11.6 Å². The number of amides is 2. The van der Waals surface area contributed by atoms with Crippen LogP contribution in [0, 0.1) is 23.5 Å². The molecule has 196 valence electrons. The predicted octanol–water partition coefficient (Wildman–Crippen LogP) is 3.36. The van der Waals surface area contributed by atoms with Crippen molar-refractivity contribution in [1.82, 2.24) is 10.3 Å². The molecule has 0 aliphatic carbocycles. The molecule has 0 fully saturated rings. The van der Waals surface area contributed by atoms with Gasteiger partial charge in [-0.25, -0.2) is 8.78 Å². The minimum Gasteiger partial charge on any atom is -0.391 e. The van der Waals surface area contributed by atoms with Crippen molar-refractivity contribution in [3.63, 3.8) is 0 Å². The third kappa shape index (κ3) is 8.73. The molecule has 1 aromatic heterocycles. The topological polar surface area (TPSA) is 117 Å². The highest BCUT2D eigenvalue weighted by molar-refractivity contribution is 5.93. The Bertz CT molecular complexity index is 1170. The van der Waals surface area contributed by atoms with E-state index in [1.54, 1.807) is 18.3 Å². The molecule has 7 nitrogen and oxygen atoms in total. The van der Waals surface area contributed by atoms with E-state index >= 15 is 0 Å². The lowest BCUT2D eigenvalue weighted by atomic mass is 9.80. The normalized spacial score (nSPS) is 13.5. The van der Waals surface area contributed by atoms with Crippen LogP contribution in [0.2, 0.25) is 0 Å². The van der Waals surface area contributed by atoms with Crippen LogP contribution in [0.1, 0.15) is 30.0 Å². The Morgan fingerprint density at radius 3 is 2.41 bits per heavy atom. The maximum Gasteiger partial charge on any atom is 0.225 e. The second kappa shape index (κ2) is 13.6. The summed E-state index contributed by atoms with van der Waals surface area (Å²) in [6.07, 6.45) is 2.39. The first-order chi connectivity index (χ1) is 17.7. The highest BCUT2D eigenvalue weighted by atomic mass is 19.1. The van der Waals surface area contributed by atoms with Crippen LogP contribution in [0.25, 0.3) is 0 Å². The molecule has 9 heteroatoms. The average molecular weight is 511 g/mol. The third-order valence-corrected chi connectivity index (χ3v) is 6.20. The van der Waals surface area contributed by atoms with E-state index < -0.39 is 41.4 Å². The largest absolute Gasteiger partial charge is 0.391 e. The van der Waals surface area contributed by atoms with Crippen molar-refractivity contribution in [2.75, 3.05) is 11.9 Å². The first-order valence-electron chi connectivity index (χ1n) is 12.2. The van der Waals surface area contributed by atoms with Crippen molar-refractivity contribution in [3.8, 4) is 0 Å². The molecule has 37 heavy (non-hydrogen) atoms. The first kappa shape index (κ1) is 27.9. The smallest absolute Gasteiger partial charge is 0.225 e. The predicted molar refractivity (Wildman–Crippen MR) is 137 cm³/mol. The van der Waals surface area contributed by atoms with Crippen molar-refractivity contribution in [1.29, 1.82) is 0 Å². The standard InChI is InChI=1S/C28H32F2N4O3/c1-2-18-5-3-6-19(9-18)15-33-17-26(35)24(12-20-10-21(29)13-22(30)11-20)25(28(31)37)14-27(36)34-23-7-4-8-32-16-23/h3-11,13,16,24-26,33,35H,2,12,14-15,17H2,1H3,(H2,31,37)(H,34,36)/t24-,25?,26-/m0/s1. The number of rotatable bonds is 13. The van der Waals surface area contributed by atoms with Crippen molar-refractivity contribution >= 4 is 17.5 Å². The summed E-state index contributed by atoms with van der Waals surface area (Å²) in [5.74, 6) is -4.82. The van der Waals surface area contributed by atoms with E-state index in [0.29, 0.717) is 12.2 Å². The highest BCUT2D eigenvalue weighted by Gasteiger charge is 2.34. The summed E-state index contributed by atoms with van der Waals surface area (Å²) < 4.78 is 27.7. The molecule has 3 rings (SSSR count). The maximum absolute atomic E-state index is 13.9. The number of carbonyl (C=O) groups excluding carboxylic acids is 2. The Morgan fingerprint density at radius 1 is 1.03 bits per heavy atom. The van der Waals surface area contributed by atoms with Gasteiger partial charge < -0.3 is 21.5 Å². The molecule has 2 aromatic carbocycles. The molecule has 0 saturated heterocycles. The lowest BCUT2D eigenvalue weighted by Gasteiger charge is -2.29. The van der Waals surface area contributed by atoms with Crippen molar-refractivity contribution in [2.24, 2.45) is 17.6 Å². The number of halogens is 2. The Kier molecular flexibility index (Phi) is 10.2. The fraction of sp³-hybridized carbons (Fsp3) is 0.321. The molecule has 0 bridgehead atoms. The summed E-state index contributed by atoms with van der Waals surface area (Å²) in [4.78, 5) is 29.1. The van der Waals surface area contributed by atoms with Gasteiger partial charge in [0, 0.05) is 37.7 Å². The van der Waals surface area contributed by atoms with Crippen LogP contribution in [-0.2, 0) is 29.0 Å². The maximum atomic E-state index is 13.9. The van der Waals surface area contributed by atoms with Crippen LogP contribution in [-0.4, -0.2) is 34.6 Å². The minimum atomic E-state index is -1.13. The summed E-state index contributed by atoms with van der Waals surface area (Å²) >= 11 is 0. The Balaban J connectivity index is 1.77. The van der Waals surface area contributed by atoms with E-state index in [4.69, 9.17) is 5.73 Å². The molecule has 0 spiro atoms. The molecule has 2 amide bonds. The van der Waals surface area contributed by atoms with Crippen LogP contribution in [0.5, 0.6) is 0 Å². The van der Waals surface area contributed by atoms with E-state index in [9.17, 15) is 23.5 Å². The van der Waals surface area contributed by atoms with Gasteiger partial charge in [-0.2, -0.15) is 0 Å². The highest BCUT2D eigenvalue weighted by Crippen LogP contribution is 2.26. The van der Waals surface area contributed by atoms with E-state index in [0.717, 1.165) is 30.2 Å². The second-order valence-electron chi connectivity index (χ2n) is 9.02. The van der Waals surface area contributed by atoms with Crippen LogP contribution < -0.4 is 16.4 Å². The van der Waals surface area contributed by atoms with E-state index in [1.165, 1.54) is 11.8 Å². The molecular weight excluding hydrogens is 478 g/mol. The van der Waals surface area contributed by atoms with Crippen molar-refractivity contribution in [2.45, 2.75) is 38.8 Å². The number of nitrogens with two attached hydrogens (primary N) is 1. The second-order valence-corrected chi connectivity index (χ2v) is 9.02. The zero-order valence-electron chi connectivity index (χ0n) is 20.7. The average Bonchev–Trinajstić information content (AvgIpc) is 2.86. The number of aliphatic hydroxyl groups excluding tert-OH is 1. The quantitative estimate of drug-likeness (QED) is 0.281. The number of aliphatic hydroxyl groups is 1. The Morgan fingerprint density at radius 2 is 1.76 bits per heavy atom. The summed E-state index contributed by atoms with van der Waals surface area (Å²) in [5, 5.41) is 16.9. The van der Waals surface area contributed by atoms with Gasteiger partial charge in [-0.1, -0.05) is 31.2 Å². The fourth-order valence-electron chi connectivity index (χ4n) is 4.33. The lowest BCUT2D eigenvalue weighted by Crippen LogP contribution is -2.43. The summed E-state index contributed by atoms with van der Waals surface area (Å²) in [6.45, 7) is 2.60. The van der Waals surface area contributed by atoms with Crippen LogP contribution >= 0.6 is 0 Å². The summed E-state index contributed by atoms with van der Waals surface area (Å²) in [7, 11) is 0. The molecular formula is C28H32F2N4O3. The Labute approximate surface area is 215 Å². The number of pyridine rings is 1. The number of aryl methyl sites for hydroxylation is 1. The van der Waals surface area contributed by atoms with Gasteiger partial charge in [-0.05, 0) is 53.8 Å². The molecule has 1 heterocycles. The molecule has 0 radical (unpaired) electrons. The number of hydrogen-bond acceptors (Lipinski definition) is 5. The molecule has 0 saturated carbocycles. The van der Waals surface area contributed by atoms with Gasteiger partial charge in [-0.3, -0.25) is 14.6 Å². The van der Waals surface area contributed by atoms with E-state index in [1.807, 2.05) is 18.2 Å². The molecule has 3 aromatic rings. The third-order valence-electron chi connectivity index (χ3n) is 6.20. The number of hydrogen-bond donors (Lipinski definition) is 4. The van der Waals surface area contributed by atoms with Gasteiger partial charge in [0.2, 0.25) is 11.8 Å². The van der Waals surface area contributed by atoms with Gasteiger partial charge in [-0.15, -0.1) is 0 Å². The minimum absolute atomic E-state index is 0.0589. The van der Waals surface area contributed by atoms with Gasteiger partial charge in [0.25, 0.3) is 0 Å². The lowest BCUT2D eigenvalue weighted by molar-refractivity contribution is -0.129. The van der Waals surface area contributed by atoms with E-state index in [-0.39, 0.29) is 24.9 Å². The Hall–Kier alpha value is -3.69. The summed E-state index contributed by atoms with van der Waals surface area (Å²) in [5.41, 5.74) is 8.56. The first-order valence-corrected chi connectivity index (χ1v) is 12.2. The number of nitrogens with one attached hydrogen (secondary N) is 2. The molecule has 0 aliphatic rings. The van der Waals surface area contributed by atoms with Crippen LogP contribution in [0.3, 0.4) is 0 Å². The monoisotopic (exact) mass is 510 g/mol. The van der Waals surface area contributed by atoms with Crippen molar-refractivity contribution < 1.29 is 23.5 Å². The zero-order chi connectivity index (χ0) is 26.8. The molecule has 5 N–H and O–H groups in total. The molecule has 1 unspecified atom stereocenters. The van der Waals surface area contributed by atoms with Crippen molar-refractivity contribution in [3.05, 3.63) is 95.3 Å².